The van der Waals surface area contributed by atoms with E-state index < -0.39 is 0 Å². The highest BCUT2D eigenvalue weighted by molar-refractivity contribution is 9.10. The second kappa shape index (κ2) is 12.3. The van der Waals surface area contributed by atoms with Crippen molar-refractivity contribution >= 4 is 56.4 Å². The summed E-state index contributed by atoms with van der Waals surface area (Å²) in [6.45, 7) is 11.0. The highest BCUT2D eigenvalue weighted by Crippen LogP contribution is 2.25. The molecular weight excluding hydrogens is 550 g/mol. The zero-order valence-corrected chi connectivity index (χ0v) is 24.0. The normalized spacial score (nSPS) is 11.1. The van der Waals surface area contributed by atoms with Crippen LogP contribution in [-0.4, -0.2) is 23.5 Å². The molecule has 0 saturated heterocycles. The van der Waals surface area contributed by atoms with Gasteiger partial charge in [0.25, 0.3) is 11.8 Å². The summed E-state index contributed by atoms with van der Waals surface area (Å²) in [6.07, 6.45) is 0. The van der Waals surface area contributed by atoms with Crippen LogP contribution in [0.2, 0.25) is 0 Å². The molecule has 0 aliphatic rings. The molecular formula is C29H32BrN3O3S. The summed E-state index contributed by atoms with van der Waals surface area (Å²) in [5, 5.41) is 8.73. The van der Waals surface area contributed by atoms with E-state index in [-0.39, 0.29) is 22.3 Å². The van der Waals surface area contributed by atoms with Gasteiger partial charge in [-0.05, 0) is 83.7 Å². The summed E-state index contributed by atoms with van der Waals surface area (Å²) >= 11 is 8.73. The lowest BCUT2D eigenvalue weighted by molar-refractivity contribution is 0.0971. The largest absolute Gasteiger partial charge is 0.492 e. The highest BCUT2D eigenvalue weighted by Gasteiger charge is 2.16. The number of ether oxygens (including phenoxy) is 1. The Morgan fingerprint density at radius 1 is 0.892 bits per heavy atom. The number of benzene rings is 3. The van der Waals surface area contributed by atoms with Gasteiger partial charge < -0.3 is 15.4 Å². The van der Waals surface area contributed by atoms with Crippen molar-refractivity contribution in [2.24, 2.45) is 5.92 Å². The van der Waals surface area contributed by atoms with Crippen LogP contribution in [-0.2, 0) is 5.41 Å². The van der Waals surface area contributed by atoms with Crippen LogP contribution < -0.4 is 20.7 Å². The highest BCUT2D eigenvalue weighted by atomic mass is 79.9. The Morgan fingerprint density at radius 3 is 2.05 bits per heavy atom. The third-order valence-corrected chi connectivity index (χ3v) is 6.10. The molecule has 6 nitrogen and oxygen atoms in total. The van der Waals surface area contributed by atoms with E-state index in [9.17, 15) is 9.59 Å². The quantitative estimate of drug-likeness (QED) is 0.258. The van der Waals surface area contributed by atoms with E-state index in [1.54, 1.807) is 36.4 Å². The number of carbonyl (C=O) groups excluding carboxylic acids is 2. The summed E-state index contributed by atoms with van der Waals surface area (Å²) < 4.78 is 6.55. The first-order valence-electron chi connectivity index (χ1n) is 12.0. The van der Waals surface area contributed by atoms with Gasteiger partial charge in [-0.1, -0.05) is 62.7 Å². The lowest BCUT2D eigenvalue weighted by atomic mass is 9.87. The van der Waals surface area contributed by atoms with Gasteiger partial charge in [0.05, 0.1) is 12.2 Å². The number of anilines is 2. The zero-order valence-electron chi connectivity index (χ0n) is 21.6. The number of hydrogen-bond donors (Lipinski definition) is 3. The predicted octanol–water partition coefficient (Wildman–Crippen LogP) is 7.16. The summed E-state index contributed by atoms with van der Waals surface area (Å²) in [6, 6.07) is 20.0. The fourth-order valence-corrected chi connectivity index (χ4v) is 3.93. The number of halogens is 1. The summed E-state index contributed by atoms with van der Waals surface area (Å²) in [4.78, 5) is 25.5. The van der Waals surface area contributed by atoms with Gasteiger partial charge in [0.15, 0.2) is 5.11 Å². The molecule has 0 aromatic heterocycles. The fraction of sp³-hybridized carbons (Fsp3) is 0.276. The molecule has 3 rings (SSSR count). The summed E-state index contributed by atoms with van der Waals surface area (Å²) in [5.74, 6) is 0.252. The molecule has 194 valence electrons. The molecule has 0 spiro atoms. The minimum Gasteiger partial charge on any atom is -0.492 e. The SMILES string of the molecule is CC(C)COc1ccc(Br)cc1C(=O)NC(=S)Nc1ccc(NC(=O)c2ccc(C(C)(C)C)cc2)cc1. The molecule has 8 heteroatoms. The van der Waals surface area contributed by atoms with Gasteiger partial charge in [0, 0.05) is 21.4 Å². The third kappa shape index (κ3) is 8.40. The lowest BCUT2D eigenvalue weighted by Gasteiger charge is -2.19. The van der Waals surface area contributed by atoms with Gasteiger partial charge in [-0.15, -0.1) is 0 Å². The van der Waals surface area contributed by atoms with E-state index in [2.05, 4.69) is 52.7 Å². The molecule has 0 aliphatic carbocycles. The first kappa shape index (κ1) is 28.3. The van der Waals surface area contributed by atoms with Crippen molar-refractivity contribution in [2.45, 2.75) is 40.0 Å². The molecule has 0 radical (unpaired) electrons. The number of thiocarbonyl (C=S) groups is 1. The smallest absolute Gasteiger partial charge is 0.261 e. The van der Waals surface area contributed by atoms with Gasteiger partial charge in [-0.25, -0.2) is 0 Å². The molecule has 3 N–H and O–H groups in total. The second-order valence-electron chi connectivity index (χ2n) is 10.1. The topological polar surface area (TPSA) is 79.5 Å². The van der Waals surface area contributed by atoms with Gasteiger partial charge in [-0.2, -0.15) is 0 Å². The van der Waals surface area contributed by atoms with Crippen LogP contribution >= 0.6 is 28.1 Å². The van der Waals surface area contributed by atoms with Crippen LogP contribution in [0.5, 0.6) is 5.75 Å². The van der Waals surface area contributed by atoms with Crippen LogP contribution in [0.1, 0.15) is 60.9 Å². The molecule has 0 fully saturated rings. The van der Waals surface area contributed by atoms with Crippen molar-refractivity contribution in [3.8, 4) is 5.75 Å². The molecule has 0 unspecified atom stereocenters. The number of nitrogens with one attached hydrogen (secondary N) is 3. The molecule has 0 saturated carbocycles. The van der Waals surface area contributed by atoms with Crippen LogP contribution in [0.3, 0.4) is 0 Å². The third-order valence-electron chi connectivity index (χ3n) is 5.40. The van der Waals surface area contributed by atoms with Crippen molar-refractivity contribution in [2.75, 3.05) is 17.2 Å². The lowest BCUT2D eigenvalue weighted by Crippen LogP contribution is -2.34. The van der Waals surface area contributed by atoms with Crippen molar-refractivity contribution in [1.29, 1.82) is 0 Å². The maximum Gasteiger partial charge on any atom is 0.261 e. The van der Waals surface area contributed by atoms with Gasteiger partial charge in [0.1, 0.15) is 5.75 Å². The van der Waals surface area contributed by atoms with Crippen molar-refractivity contribution in [3.63, 3.8) is 0 Å². The van der Waals surface area contributed by atoms with Crippen molar-refractivity contribution in [1.82, 2.24) is 5.32 Å². The van der Waals surface area contributed by atoms with E-state index >= 15 is 0 Å². The molecule has 2 amide bonds. The Kier molecular flexibility index (Phi) is 9.45. The molecule has 3 aromatic rings. The molecule has 3 aromatic carbocycles. The first-order valence-corrected chi connectivity index (χ1v) is 13.2. The van der Waals surface area contributed by atoms with Crippen LogP contribution in [0.4, 0.5) is 11.4 Å². The summed E-state index contributed by atoms with van der Waals surface area (Å²) in [7, 11) is 0. The first-order chi connectivity index (χ1) is 17.4. The van der Waals surface area contributed by atoms with E-state index in [4.69, 9.17) is 17.0 Å². The predicted molar refractivity (Wildman–Crippen MR) is 158 cm³/mol. The number of carbonyl (C=O) groups is 2. The maximum absolute atomic E-state index is 12.9. The van der Waals surface area contributed by atoms with Gasteiger partial charge in [0.2, 0.25) is 0 Å². The van der Waals surface area contributed by atoms with Crippen molar-refractivity contribution < 1.29 is 14.3 Å². The number of rotatable bonds is 7. The second-order valence-corrected chi connectivity index (χ2v) is 11.4. The van der Waals surface area contributed by atoms with Gasteiger partial charge >= 0.3 is 0 Å². The van der Waals surface area contributed by atoms with Crippen molar-refractivity contribution in [3.05, 3.63) is 87.9 Å². The monoisotopic (exact) mass is 581 g/mol. The molecule has 0 bridgehead atoms. The van der Waals surface area contributed by atoms with E-state index in [1.807, 2.05) is 44.2 Å². The Morgan fingerprint density at radius 2 is 1.49 bits per heavy atom. The number of amides is 2. The average molecular weight is 583 g/mol. The Labute approximate surface area is 232 Å². The Hall–Kier alpha value is -3.23. The maximum atomic E-state index is 12.9. The van der Waals surface area contributed by atoms with E-state index in [1.165, 1.54) is 5.56 Å². The number of hydrogen-bond acceptors (Lipinski definition) is 4. The summed E-state index contributed by atoms with van der Waals surface area (Å²) in [5.41, 5.74) is 3.48. The van der Waals surface area contributed by atoms with E-state index in [0.29, 0.717) is 40.8 Å². The molecule has 0 heterocycles. The zero-order chi connectivity index (χ0) is 27.2. The standard InChI is InChI=1S/C29H32BrN3O3S/c1-18(2)17-36-25-15-10-21(30)16-24(25)27(35)33-28(37)32-23-13-11-22(12-14-23)31-26(34)19-6-8-20(9-7-19)29(3,4)5/h6-16,18H,17H2,1-5H3,(H,31,34)(H2,32,33,35,37). The average Bonchev–Trinajstić information content (AvgIpc) is 2.83. The molecule has 37 heavy (non-hydrogen) atoms. The Bertz CT molecular complexity index is 1270. The van der Waals surface area contributed by atoms with E-state index in [0.717, 1.165) is 4.47 Å². The fourth-order valence-electron chi connectivity index (χ4n) is 3.36. The minimum absolute atomic E-state index is 0.0274. The minimum atomic E-state index is -0.376. The van der Waals surface area contributed by atoms with Crippen LogP contribution in [0.25, 0.3) is 0 Å². The van der Waals surface area contributed by atoms with Crippen LogP contribution in [0, 0.1) is 5.92 Å². The molecule has 0 atom stereocenters. The molecule has 0 aliphatic heterocycles. The Balaban J connectivity index is 1.58. The van der Waals surface area contributed by atoms with Crippen LogP contribution in [0.15, 0.2) is 71.2 Å². The van der Waals surface area contributed by atoms with Gasteiger partial charge in [-0.3, -0.25) is 14.9 Å².